The Kier molecular flexibility index (Phi) is 7.15. The molecule has 9 heteroatoms. The summed E-state index contributed by atoms with van der Waals surface area (Å²) in [7, 11) is 1.53. The van der Waals surface area contributed by atoms with Crippen LogP contribution in [-0.2, 0) is 12.6 Å². The summed E-state index contributed by atoms with van der Waals surface area (Å²) in [6, 6.07) is 19.2. The first-order valence-electron chi connectivity index (χ1n) is 11.4. The van der Waals surface area contributed by atoms with Crippen LogP contribution in [0.1, 0.15) is 43.2 Å². The zero-order chi connectivity index (χ0) is 26.7. The predicted molar refractivity (Wildman–Crippen MR) is 133 cm³/mol. The van der Waals surface area contributed by atoms with Gasteiger partial charge in [0.1, 0.15) is 5.75 Å². The molecular weight excluding hydrogens is 483 g/mol. The molecule has 1 N–H and O–H groups in total. The average molecular weight is 508 g/mol. The minimum atomic E-state index is -4.62. The molecule has 4 aromatic rings. The van der Waals surface area contributed by atoms with Gasteiger partial charge in [-0.2, -0.15) is 18.3 Å². The van der Waals surface area contributed by atoms with Crippen LogP contribution in [0, 0.1) is 13.8 Å². The van der Waals surface area contributed by atoms with Gasteiger partial charge < -0.3 is 10.1 Å². The smallest absolute Gasteiger partial charge is 0.435 e. The van der Waals surface area contributed by atoms with Crippen molar-refractivity contribution in [1.82, 2.24) is 9.78 Å². The fourth-order valence-corrected chi connectivity index (χ4v) is 3.80. The number of carbonyl (C=O) groups is 2. The van der Waals surface area contributed by atoms with E-state index in [1.807, 2.05) is 6.92 Å². The maximum absolute atomic E-state index is 13.3. The Bertz CT molecular complexity index is 1440. The van der Waals surface area contributed by atoms with Crippen molar-refractivity contribution in [1.29, 1.82) is 0 Å². The molecule has 0 bridgehead atoms. The van der Waals surface area contributed by atoms with E-state index in [0.717, 1.165) is 16.3 Å². The average Bonchev–Trinajstić information content (AvgIpc) is 3.26. The van der Waals surface area contributed by atoms with Gasteiger partial charge in [-0.3, -0.25) is 9.59 Å². The predicted octanol–water partition coefficient (Wildman–Crippen LogP) is 6.19. The van der Waals surface area contributed by atoms with Crippen molar-refractivity contribution < 1.29 is 27.5 Å². The normalized spacial score (nSPS) is 11.3. The van der Waals surface area contributed by atoms with Gasteiger partial charge in [0.15, 0.2) is 11.5 Å². The van der Waals surface area contributed by atoms with E-state index in [1.165, 1.54) is 14.0 Å². The Morgan fingerprint density at radius 2 is 1.57 bits per heavy atom. The summed E-state index contributed by atoms with van der Waals surface area (Å²) in [6.07, 6.45) is -4.60. The Balaban J connectivity index is 1.70. The summed E-state index contributed by atoms with van der Waals surface area (Å²) in [5, 5.41) is 6.50. The number of amides is 1. The van der Waals surface area contributed by atoms with Gasteiger partial charge in [0.25, 0.3) is 5.91 Å². The molecule has 0 saturated carbocycles. The highest BCUT2D eigenvalue weighted by Gasteiger charge is 2.34. The Morgan fingerprint density at radius 1 is 0.919 bits per heavy atom. The highest BCUT2D eigenvalue weighted by Crippen LogP contribution is 2.31. The second-order valence-electron chi connectivity index (χ2n) is 8.58. The number of rotatable bonds is 7. The van der Waals surface area contributed by atoms with E-state index in [1.54, 1.807) is 66.7 Å². The van der Waals surface area contributed by atoms with Gasteiger partial charge in [-0.25, -0.2) is 4.68 Å². The molecule has 0 fully saturated rings. The summed E-state index contributed by atoms with van der Waals surface area (Å²) < 4.78 is 46.1. The van der Waals surface area contributed by atoms with Gasteiger partial charge in [0, 0.05) is 23.2 Å². The van der Waals surface area contributed by atoms with E-state index >= 15 is 0 Å². The summed E-state index contributed by atoms with van der Waals surface area (Å²) >= 11 is 0. The Hall–Kier alpha value is -4.40. The number of halogens is 3. The molecule has 190 valence electrons. The van der Waals surface area contributed by atoms with E-state index in [0.29, 0.717) is 22.4 Å². The van der Waals surface area contributed by atoms with Gasteiger partial charge in [0.2, 0.25) is 0 Å². The fraction of sp³-hybridized carbons (Fsp3) is 0.179. The van der Waals surface area contributed by atoms with Crippen molar-refractivity contribution >= 4 is 17.4 Å². The number of nitrogens with one attached hydrogen (secondary N) is 1. The molecule has 4 rings (SSSR count). The first-order valence-corrected chi connectivity index (χ1v) is 11.4. The molecule has 1 amide bonds. The van der Waals surface area contributed by atoms with Gasteiger partial charge in [-0.15, -0.1) is 0 Å². The van der Waals surface area contributed by atoms with Crippen LogP contribution in [0.4, 0.5) is 18.9 Å². The number of ether oxygens (including phenoxy) is 1. The SMILES string of the molecule is COc1ccc(C(=O)Cc2ccc(-n3nc(C(F)(F)F)cc3C)c(NC(=O)c3ccc(C)cc3)c2)cc1. The quantitative estimate of drug-likeness (QED) is 0.303. The molecule has 37 heavy (non-hydrogen) atoms. The summed E-state index contributed by atoms with van der Waals surface area (Å²) in [5.41, 5.74) is 2.07. The number of aromatic nitrogens is 2. The minimum absolute atomic E-state index is 0.0197. The summed E-state index contributed by atoms with van der Waals surface area (Å²) in [6.45, 7) is 3.39. The first-order chi connectivity index (χ1) is 17.5. The van der Waals surface area contributed by atoms with E-state index in [9.17, 15) is 22.8 Å². The van der Waals surface area contributed by atoms with Gasteiger partial charge in [-0.05, 0) is 74.0 Å². The van der Waals surface area contributed by atoms with Crippen LogP contribution in [-0.4, -0.2) is 28.6 Å². The third-order valence-corrected chi connectivity index (χ3v) is 5.81. The summed E-state index contributed by atoms with van der Waals surface area (Å²) in [4.78, 5) is 25.8. The molecule has 0 atom stereocenters. The number of anilines is 1. The van der Waals surface area contributed by atoms with E-state index in [2.05, 4.69) is 10.4 Å². The number of benzene rings is 3. The maximum Gasteiger partial charge on any atom is 0.435 e. The zero-order valence-electron chi connectivity index (χ0n) is 20.4. The van der Waals surface area contributed by atoms with Crippen molar-refractivity contribution in [2.24, 2.45) is 0 Å². The number of nitrogens with zero attached hydrogens (tertiary/aromatic N) is 2. The Morgan fingerprint density at radius 3 is 2.16 bits per heavy atom. The molecule has 0 aliphatic carbocycles. The number of methoxy groups -OCH3 is 1. The lowest BCUT2D eigenvalue weighted by Gasteiger charge is -2.15. The number of alkyl halides is 3. The minimum Gasteiger partial charge on any atom is -0.497 e. The fourth-order valence-electron chi connectivity index (χ4n) is 3.80. The Labute approximate surface area is 211 Å². The van der Waals surface area contributed by atoms with E-state index in [4.69, 9.17) is 4.74 Å². The molecule has 0 aliphatic heterocycles. The van der Waals surface area contributed by atoms with Crippen LogP contribution in [0.15, 0.2) is 72.8 Å². The molecule has 6 nitrogen and oxygen atoms in total. The maximum atomic E-state index is 13.3. The van der Waals surface area contributed by atoms with Crippen molar-refractivity contribution in [2.75, 3.05) is 12.4 Å². The van der Waals surface area contributed by atoms with Gasteiger partial charge >= 0.3 is 6.18 Å². The molecule has 0 saturated heterocycles. The third kappa shape index (κ3) is 5.88. The molecule has 0 aliphatic rings. The molecule has 0 unspecified atom stereocenters. The second-order valence-corrected chi connectivity index (χ2v) is 8.58. The highest BCUT2D eigenvalue weighted by molar-refractivity contribution is 6.05. The van der Waals surface area contributed by atoms with Crippen molar-refractivity contribution in [2.45, 2.75) is 26.4 Å². The molecule has 3 aromatic carbocycles. The van der Waals surface area contributed by atoms with Crippen LogP contribution in [0.2, 0.25) is 0 Å². The first kappa shape index (κ1) is 25.7. The molecule has 1 aromatic heterocycles. The lowest BCUT2D eigenvalue weighted by Crippen LogP contribution is -2.15. The standard InChI is InChI=1S/C28H24F3N3O3/c1-17-4-7-21(8-5-17)27(36)32-23-15-19(16-25(35)20-9-11-22(37-3)12-10-20)6-13-24(23)34-18(2)14-26(33-34)28(29,30)31/h4-15H,16H2,1-3H3,(H,32,36). The van der Waals surface area contributed by atoms with Crippen LogP contribution < -0.4 is 10.1 Å². The monoisotopic (exact) mass is 507 g/mol. The van der Waals surface area contributed by atoms with Crippen molar-refractivity contribution in [3.05, 3.63) is 106 Å². The van der Waals surface area contributed by atoms with Crippen LogP contribution >= 0.6 is 0 Å². The topological polar surface area (TPSA) is 73.2 Å². The number of Topliss-reactive ketones (excluding diaryl/α,β-unsaturated/α-hetero) is 1. The number of ketones is 1. The van der Waals surface area contributed by atoms with Crippen molar-refractivity contribution in [3.8, 4) is 11.4 Å². The molecule has 0 spiro atoms. The number of hydrogen-bond donors (Lipinski definition) is 1. The number of aryl methyl sites for hydroxylation is 2. The number of carbonyl (C=O) groups excluding carboxylic acids is 2. The summed E-state index contributed by atoms with van der Waals surface area (Å²) in [5.74, 6) is 0.0106. The van der Waals surface area contributed by atoms with Crippen molar-refractivity contribution in [3.63, 3.8) is 0 Å². The lowest BCUT2D eigenvalue weighted by atomic mass is 10.0. The lowest BCUT2D eigenvalue weighted by molar-refractivity contribution is -0.141. The van der Waals surface area contributed by atoms with Gasteiger partial charge in [0.05, 0.1) is 18.5 Å². The van der Waals surface area contributed by atoms with Crippen LogP contribution in [0.3, 0.4) is 0 Å². The van der Waals surface area contributed by atoms with E-state index < -0.39 is 17.8 Å². The van der Waals surface area contributed by atoms with Crippen LogP contribution in [0.25, 0.3) is 5.69 Å². The van der Waals surface area contributed by atoms with Gasteiger partial charge in [-0.1, -0.05) is 23.8 Å². The second kappa shape index (κ2) is 10.3. The third-order valence-electron chi connectivity index (χ3n) is 5.81. The highest BCUT2D eigenvalue weighted by atomic mass is 19.4. The number of hydrogen-bond acceptors (Lipinski definition) is 4. The van der Waals surface area contributed by atoms with Crippen LogP contribution in [0.5, 0.6) is 5.75 Å². The van der Waals surface area contributed by atoms with E-state index in [-0.39, 0.29) is 29.3 Å². The largest absolute Gasteiger partial charge is 0.497 e. The molecule has 1 heterocycles. The zero-order valence-corrected chi connectivity index (χ0v) is 20.4. The molecule has 0 radical (unpaired) electrons. The molecular formula is C28H24F3N3O3.